The molecule has 1 N–H and O–H groups in total. The third-order valence-electron chi connectivity index (χ3n) is 5.34. The van der Waals surface area contributed by atoms with Crippen LogP contribution in [-0.4, -0.2) is 27.0 Å². The highest BCUT2D eigenvalue weighted by molar-refractivity contribution is 9.10. The number of ketones is 1. The van der Waals surface area contributed by atoms with Gasteiger partial charge < -0.3 is 9.52 Å². The van der Waals surface area contributed by atoms with Crippen LogP contribution in [0.25, 0.3) is 5.76 Å². The van der Waals surface area contributed by atoms with Gasteiger partial charge in [-0.15, -0.1) is 10.2 Å². The van der Waals surface area contributed by atoms with Crippen LogP contribution in [0, 0.1) is 0 Å². The average molecular weight is 623 g/mol. The number of benzene rings is 2. The Bertz CT molecular complexity index is 1490. The van der Waals surface area contributed by atoms with Crippen molar-refractivity contribution in [2.24, 2.45) is 0 Å². The number of aromatic nitrogens is 2. The first-order chi connectivity index (χ1) is 17.3. The maximum absolute atomic E-state index is 13.2. The fourth-order valence-electron chi connectivity index (χ4n) is 3.65. The maximum Gasteiger partial charge on any atom is 0.302 e. The van der Waals surface area contributed by atoms with Crippen LogP contribution in [0.15, 0.2) is 79.7 Å². The molecule has 3 heterocycles. The summed E-state index contributed by atoms with van der Waals surface area (Å²) in [4.78, 5) is 27.5. The standard InChI is InChI=1S/C24H14BrCl2N3O4S2/c25-14-6-3-12(4-7-14)20(31)18-19(17-2-1-9-34-17)30(22(33)21(18)32)23-28-29-24(36-23)35-11-13-5-8-15(26)10-16(13)27/h1-10,19,31H,11H2/b20-18-. The lowest BCUT2D eigenvalue weighted by Gasteiger charge is -2.20. The van der Waals surface area contributed by atoms with Crippen molar-refractivity contribution < 1.29 is 19.1 Å². The molecule has 2 aromatic heterocycles. The van der Waals surface area contributed by atoms with Gasteiger partial charge in [0.15, 0.2) is 4.34 Å². The Kier molecular flexibility index (Phi) is 7.23. The predicted molar refractivity (Wildman–Crippen MR) is 144 cm³/mol. The molecular weight excluding hydrogens is 609 g/mol. The fourth-order valence-corrected chi connectivity index (χ4v) is 6.34. The van der Waals surface area contributed by atoms with Crippen molar-refractivity contribution in [3.05, 3.63) is 97.8 Å². The monoisotopic (exact) mass is 621 g/mol. The minimum atomic E-state index is -1.000. The molecule has 36 heavy (non-hydrogen) atoms. The summed E-state index contributed by atoms with van der Waals surface area (Å²) in [6, 6.07) is 14.3. The Morgan fingerprint density at radius 2 is 1.92 bits per heavy atom. The third kappa shape index (κ3) is 4.83. The van der Waals surface area contributed by atoms with Crippen LogP contribution in [0.3, 0.4) is 0 Å². The van der Waals surface area contributed by atoms with Gasteiger partial charge in [-0.25, -0.2) is 0 Å². The zero-order chi connectivity index (χ0) is 25.4. The molecule has 2 aromatic carbocycles. The van der Waals surface area contributed by atoms with Crippen LogP contribution in [-0.2, 0) is 15.3 Å². The van der Waals surface area contributed by atoms with E-state index in [2.05, 4.69) is 26.1 Å². The number of anilines is 1. The molecule has 1 atom stereocenters. The van der Waals surface area contributed by atoms with E-state index in [1.165, 1.54) is 22.9 Å². The van der Waals surface area contributed by atoms with Gasteiger partial charge in [-0.05, 0) is 42.0 Å². The summed E-state index contributed by atoms with van der Waals surface area (Å²) >= 11 is 18.1. The van der Waals surface area contributed by atoms with E-state index in [9.17, 15) is 14.7 Å². The Balaban J connectivity index is 1.49. The summed E-state index contributed by atoms with van der Waals surface area (Å²) in [5.41, 5.74) is 1.17. The number of hydrogen-bond acceptors (Lipinski definition) is 8. The van der Waals surface area contributed by atoms with Crippen LogP contribution >= 0.6 is 62.2 Å². The van der Waals surface area contributed by atoms with Crippen LogP contribution in [0.5, 0.6) is 0 Å². The van der Waals surface area contributed by atoms with Crippen LogP contribution in [0.1, 0.15) is 22.9 Å². The summed E-state index contributed by atoms with van der Waals surface area (Å²) in [7, 11) is 0. The topological polar surface area (TPSA) is 96.5 Å². The highest BCUT2D eigenvalue weighted by Gasteiger charge is 2.49. The summed E-state index contributed by atoms with van der Waals surface area (Å²) in [5, 5.41) is 20.7. The van der Waals surface area contributed by atoms with Crippen molar-refractivity contribution in [2.75, 3.05) is 4.90 Å². The second-order valence-corrected chi connectivity index (χ2v) is 11.5. The molecule has 12 heteroatoms. The molecule has 1 unspecified atom stereocenters. The van der Waals surface area contributed by atoms with Gasteiger partial charge >= 0.3 is 5.91 Å². The van der Waals surface area contributed by atoms with Crippen molar-refractivity contribution in [1.82, 2.24) is 10.2 Å². The molecule has 4 aromatic rings. The number of hydrogen-bond donors (Lipinski definition) is 1. The number of Topliss-reactive ketones (excluding diaryl/α,β-unsaturated/α-hetero) is 1. The van der Waals surface area contributed by atoms with Gasteiger partial charge in [0.2, 0.25) is 5.13 Å². The van der Waals surface area contributed by atoms with E-state index in [-0.39, 0.29) is 16.5 Å². The first kappa shape index (κ1) is 25.0. The van der Waals surface area contributed by atoms with Crippen molar-refractivity contribution >= 4 is 84.8 Å². The molecule has 0 bridgehead atoms. The van der Waals surface area contributed by atoms with Gasteiger partial charge in [-0.1, -0.05) is 80.4 Å². The van der Waals surface area contributed by atoms with Gasteiger partial charge in [0.1, 0.15) is 17.6 Å². The van der Waals surface area contributed by atoms with Gasteiger partial charge in [0, 0.05) is 25.8 Å². The van der Waals surface area contributed by atoms with E-state index in [4.69, 9.17) is 27.6 Å². The Labute approximate surface area is 231 Å². The summed E-state index contributed by atoms with van der Waals surface area (Å²) < 4.78 is 6.94. The number of halogens is 3. The lowest BCUT2D eigenvalue weighted by Crippen LogP contribution is -2.29. The minimum Gasteiger partial charge on any atom is -0.507 e. The van der Waals surface area contributed by atoms with Gasteiger partial charge in [-0.2, -0.15) is 0 Å². The first-order valence-electron chi connectivity index (χ1n) is 10.3. The van der Waals surface area contributed by atoms with E-state index < -0.39 is 17.7 Å². The largest absolute Gasteiger partial charge is 0.507 e. The van der Waals surface area contributed by atoms with Crippen LogP contribution in [0.4, 0.5) is 5.13 Å². The van der Waals surface area contributed by atoms with Crippen molar-refractivity contribution in [1.29, 1.82) is 0 Å². The number of amides is 1. The molecule has 1 amide bonds. The number of furan rings is 1. The second kappa shape index (κ2) is 10.4. The Morgan fingerprint density at radius 3 is 2.61 bits per heavy atom. The molecule has 0 radical (unpaired) electrons. The average Bonchev–Trinajstić information content (AvgIpc) is 3.59. The molecular formula is C24H14BrCl2N3O4S2. The molecule has 5 rings (SSSR count). The summed E-state index contributed by atoms with van der Waals surface area (Å²) in [6.07, 6.45) is 1.44. The molecule has 1 saturated heterocycles. The van der Waals surface area contributed by atoms with Crippen molar-refractivity contribution in [3.63, 3.8) is 0 Å². The van der Waals surface area contributed by atoms with Gasteiger partial charge in [-0.3, -0.25) is 14.5 Å². The molecule has 0 spiro atoms. The SMILES string of the molecule is O=C1C(=O)N(c2nnc(SCc3ccc(Cl)cc3Cl)s2)C(c2ccco2)/C1=C(/O)c1ccc(Br)cc1. The van der Waals surface area contributed by atoms with E-state index in [1.54, 1.807) is 48.5 Å². The molecule has 182 valence electrons. The smallest absolute Gasteiger partial charge is 0.302 e. The van der Waals surface area contributed by atoms with E-state index in [0.717, 1.165) is 21.4 Å². The van der Waals surface area contributed by atoms with E-state index in [0.29, 0.717) is 31.5 Å². The lowest BCUT2D eigenvalue weighted by atomic mass is 9.99. The Hall–Kier alpha value is -2.63. The van der Waals surface area contributed by atoms with Crippen molar-refractivity contribution in [3.8, 4) is 0 Å². The highest BCUT2D eigenvalue weighted by Crippen LogP contribution is 2.44. The minimum absolute atomic E-state index is 0.0883. The summed E-state index contributed by atoms with van der Waals surface area (Å²) in [5.74, 6) is -1.15. The number of aliphatic hydroxyl groups is 1. The highest BCUT2D eigenvalue weighted by atomic mass is 79.9. The lowest BCUT2D eigenvalue weighted by molar-refractivity contribution is -0.132. The Morgan fingerprint density at radius 1 is 1.14 bits per heavy atom. The van der Waals surface area contributed by atoms with E-state index >= 15 is 0 Å². The molecule has 1 aliphatic rings. The number of rotatable bonds is 6. The van der Waals surface area contributed by atoms with Crippen LogP contribution in [0.2, 0.25) is 10.0 Å². The molecule has 1 fully saturated rings. The van der Waals surface area contributed by atoms with E-state index in [1.807, 2.05) is 6.07 Å². The molecule has 7 nitrogen and oxygen atoms in total. The van der Waals surface area contributed by atoms with Crippen LogP contribution < -0.4 is 4.90 Å². The van der Waals surface area contributed by atoms with Gasteiger partial charge in [0.25, 0.3) is 5.78 Å². The number of carbonyl (C=O) groups is 2. The maximum atomic E-state index is 13.2. The zero-order valence-corrected chi connectivity index (χ0v) is 22.8. The number of aliphatic hydroxyl groups excluding tert-OH is 1. The summed E-state index contributed by atoms with van der Waals surface area (Å²) in [6.45, 7) is 0. The number of thioether (sulfide) groups is 1. The second-order valence-electron chi connectivity index (χ2n) is 7.57. The quantitative estimate of drug-likeness (QED) is 0.0804. The zero-order valence-electron chi connectivity index (χ0n) is 18.0. The predicted octanol–water partition coefficient (Wildman–Crippen LogP) is 7.12. The first-order valence-corrected chi connectivity index (χ1v) is 13.7. The number of carbonyl (C=O) groups excluding carboxylic acids is 2. The molecule has 0 aliphatic carbocycles. The molecule has 1 aliphatic heterocycles. The third-order valence-corrected chi connectivity index (χ3v) is 8.56. The number of nitrogens with zero attached hydrogens (tertiary/aromatic N) is 3. The van der Waals surface area contributed by atoms with Gasteiger partial charge in [0.05, 0.1) is 11.8 Å². The molecule has 0 saturated carbocycles. The fraction of sp³-hybridized carbons (Fsp3) is 0.0833. The van der Waals surface area contributed by atoms with Crippen molar-refractivity contribution in [2.45, 2.75) is 16.1 Å². The normalized spacial score (nSPS) is 17.2.